The van der Waals surface area contributed by atoms with Gasteiger partial charge in [-0.25, -0.2) is 19.2 Å². The number of rotatable bonds is 28. The maximum Gasteiger partial charge on any atom is 0.408 e. The molecule has 420 valence electrons. The van der Waals surface area contributed by atoms with E-state index in [1.165, 1.54) is 0 Å². The molecule has 6 aromatic rings. The molecule has 0 bridgehead atoms. The van der Waals surface area contributed by atoms with Crippen LogP contribution < -0.4 is 21.3 Å². The molecule has 0 heterocycles. The topological polar surface area (TPSA) is 206 Å². The molecule has 80 heavy (non-hydrogen) atoms. The quantitative estimate of drug-likeness (QED) is 0.0157. The minimum absolute atomic E-state index is 0.0132. The van der Waals surface area contributed by atoms with Crippen molar-refractivity contribution in [3.8, 4) is 11.1 Å². The molecule has 0 spiro atoms. The number of hydrogen-bond acceptors (Lipinski definition) is 12. The zero-order chi connectivity index (χ0) is 56.7. The summed E-state index contributed by atoms with van der Waals surface area (Å²) in [4.78, 5) is 79.6. The van der Waals surface area contributed by atoms with Crippen LogP contribution in [0.25, 0.3) is 11.1 Å². The number of benzene rings is 6. The molecule has 7 rings (SSSR count). The van der Waals surface area contributed by atoms with Crippen LogP contribution >= 0.6 is 11.6 Å². The molecule has 4 amide bonds. The second kappa shape index (κ2) is 29.8. The Kier molecular flexibility index (Phi) is 22.2. The van der Waals surface area contributed by atoms with Crippen LogP contribution in [0.5, 0.6) is 0 Å². The van der Waals surface area contributed by atoms with Crippen molar-refractivity contribution in [2.75, 3.05) is 46.1 Å². The Labute approximate surface area is 472 Å². The average Bonchev–Trinajstić information content (AvgIpc) is 3.93. The van der Waals surface area contributed by atoms with Gasteiger partial charge in [-0.3, -0.25) is 9.59 Å². The highest BCUT2D eigenvalue weighted by atomic mass is 35.5. The van der Waals surface area contributed by atoms with Crippen LogP contribution in [-0.4, -0.2) is 99.7 Å². The predicted molar refractivity (Wildman–Crippen MR) is 302 cm³/mol. The molecule has 0 aliphatic heterocycles. The van der Waals surface area contributed by atoms with E-state index < -0.39 is 47.4 Å². The Morgan fingerprint density at radius 3 is 1.69 bits per heavy atom. The maximum absolute atomic E-state index is 14.6. The van der Waals surface area contributed by atoms with Crippen LogP contribution in [0.4, 0.5) is 9.59 Å². The van der Waals surface area contributed by atoms with Gasteiger partial charge >= 0.3 is 24.1 Å². The van der Waals surface area contributed by atoms with E-state index in [1.807, 2.05) is 152 Å². The first-order chi connectivity index (χ1) is 38.7. The molecular formula is C63H69ClN4O12. The van der Waals surface area contributed by atoms with Crippen molar-refractivity contribution < 1.29 is 57.2 Å². The van der Waals surface area contributed by atoms with Gasteiger partial charge in [0.2, 0.25) is 11.8 Å². The monoisotopic (exact) mass is 1110 g/mol. The summed E-state index contributed by atoms with van der Waals surface area (Å²) in [6, 6.07) is 48.5. The minimum atomic E-state index is -1.50. The fourth-order valence-corrected chi connectivity index (χ4v) is 9.56. The average molecular weight is 1110 g/mol. The second-order valence-corrected chi connectivity index (χ2v) is 20.4. The van der Waals surface area contributed by atoms with Gasteiger partial charge in [-0.1, -0.05) is 169 Å². The van der Waals surface area contributed by atoms with E-state index in [2.05, 4.69) is 21.3 Å². The molecule has 0 aromatic heterocycles. The van der Waals surface area contributed by atoms with E-state index >= 15 is 0 Å². The molecular weight excluding hydrogens is 1040 g/mol. The van der Waals surface area contributed by atoms with Gasteiger partial charge in [-0.15, -0.1) is 0 Å². The summed E-state index contributed by atoms with van der Waals surface area (Å²) in [6.45, 7) is 5.81. The van der Waals surface area contributed by atoms with Gasteiger partial charge in [0.05, 0.1) is 19.8 Å². The van der Waals surface area contributed by atoms with Gasteiger partial charge in [-0.05, 0) is 80.3 Å². The Balaban J connectivity index is 0.819. The minimum Gasteiger partial charge on any atom is -0.458 e. The van der Waals surface area contributed by atoms with Crippen molar-refractivity contribution in [2.45, 2.75) is 88.7 Å². The Bertz CT molecular complexity index is 2910. The zero-order valence-corrected chi connectivity index (χ0v) is 46.0. The number of carbonyl (C=O) groups excluding carboxylic acids is 6. The van der Waals surface area contributed by atoms with Crippen LogP contribution in [0, 0.1) is 0 Å². The molecule has 1 aliphatic carbocycles. The maximum atomic E-state index is 14.6. The molecule has 6 aromatic carbocycles. The van der Waals surface area contributed by atoms with Gasteiger partial charge in [-0.2, -0.15) is 0 Å². The first kappa shape index (κ1) is 59.6. The van der Waals surface area contributed by atoms with Crippen molar-refractivity contribution in [3.63, 3.8) is 0 Å². The summed E-state index contributed by atoms with van der Waals surface area (Å²) in [5, 5.41) is 11.3. The summed E-state index contributed by atoms with van der Waals surface area (Å²) in [5.74, 6) is -2.30. The third-order valence-electron chi connectivity index (χ3n) is 13.1. The number of hydrogen-bond donors (Lipinski definition) is 4. The first-order valence-corrected chi connectivity index (χ1v) is 27.2. The highest BCUT2D eigenvalue weighted by Gasteiger charge is 2.44. The molecule has 0 radical (unpaired) electrons. The number of unbranched alkanes of at least 4 members (excludes halogenated alkanes) is 1. The fourth-order valence-electron chi connectivity index (χ4n) is 9.29. The van der Waals surface area contributed by atoms with Gasteiger partial charge < -0.3 is 49.7 Å². The van der Waals surface area contributed by atoms with Crippen molar-refractivity contribution in [2.24, 2.45) is 0 Å². The third-order valence-corrected chi connectivity index (χ3v) is 13.4. The van der Waals surface area contributed by atoms with Crippen molar-refractivity contribution in [1.82, 2.24) is 21.3 Å². The fraction of sp³-hybridized carbons (Fsp3) is 0.333. The Morgan fingerprint density at radius 1 is 0.537 bits per heavy atom. The van der Waals surface area contributed by atoms with E-state index in [-0.39, 0.29) is 89.7 Å². The van der Waals surface area contributed by atoms with Gasteiger partial charge in [0.1, 0.15) is 37.5 Å². The highest BCUT2D eigenvalue weighted by Crippen LogP contribution is 2.45. The van der Waals surface area contributed by atoms with Gasteiger partial charge in [0.25, 0.3) is 0 Å². The van der Waals surface area contributed by atoms with Crippen molar-refractivity contribution in [3.05, 3.63) is 202 Å². The molecule has 0 saturated heterocycles. The highest BCUT2D eigenvalue weighted by molar-refractivity contribution is 6.31. The number of halogens is 1. The molecule has 0 unspecified atom stereocenters. The Hall–Kier alpha value is -8.05. The molecule has 16 nitrogen and oxygen atoms in total. The van der Waals surface area contributed by atoms with Crippen LogP contribution in [0.15, 0.2) is 164 Å². The number of esters is 2. The number of fused-ring (bicyclic) bond motifs is 3. The van der Waals surface area contributed by atoms with Gasteiger partial charge in [0, 0.05) is 47.1 Å². The summed E-state index contributed by atoms with van der Waals surface area (Å²) in [6.07, 6.45) is -0.712. The molecule has 1 aliphatic rings. The van der Waals surface area contributed by atoms with Crippen LogP contribution in [-0.2, 0) is 59.8 Å². The summed E-state index contributed by atoms with van der Waals surface area (Å²) >= 11 is 6.89. The van der Waals surface area contributed by atoms with E-state index in [0.29, 0.717) is 34.6 Å². The van der Waals surface area contributed by atoms with E-state index in [4.69, 9.17) is 40.0 Å². The largest absolute Gasteiger partial charge is 0.458 e. The first-order valence-electron chi connectivity index (χ1n) is 26.8. The molecule has 0 fully saturated rings. The van der Waals surface area contributed by atoms with E-state index in [9.17, 15) is 28.8 Å². The number of amides is 4. The van der Waals surface area contributed by atoms with Crippen molar-refractivity contribution >= 4 is 47.5 Å². The number of ether oxygens (including phenoxy) is 6. The second-order valence-electron chi connectivity index (χ2n) is 20.0. The number of carbonyl (C=O) groups is 6. The van der Waals surface area contributed by atoms with Gasteiger partial charge in [0.15, 0.2) is 5.60 Å². The molecule has 2 atom stereocenters. The molecule has 0 saturated carbocycles. The standard InChI is InChI=1S/C63H69ClN4O12/c1-62(2,3)79-58(71)55(68-61(74)78-42-51-49-29-15-13-27-47(49)48-28-14-16-30-50(48)51)34-35-56(69)66-37-38-75-39-40-76-43-57(70)65-36-20-19-33-54(67-60(73)77-41-44-21-7-4-8-22-44)59(72)80-63(45-23-9-5-10-24-45,46-25-11-6-12-26-46)52-31-17-18-32-53(52)64/h4-18,21-32,51,54-55H,19-20,33-43H2,1-3H3,(H,65,70)(H,66,69)(H,67,73)(H,68,74)/t54-,55-/m0/s1. The molecule has 17 heteroatoms. The zero-order valence-electron chi connectivity index (χ0n) is 45.3. The number of nitrogens with one attached hydrogen (secondary N) is 4. The predicted octanol–water partition coefficient (Wildman–Crippen LogP) is 9.94. The lowest BCUT2D eigenvalue weighted by molar-refractivity contribution is -0.158. The van der Waals surface area contributed by atoms with Crippen molar-refractivity contribution in [1.29, 1.82) is 0 Å². The summed E-state index contributed by atoms with van der Waals surface area (Å²) in [7, 11) is 0. The van der Waals surface area contributed by atoms with Crippen LogP contribution in [0.3, 0.4) is 0 Å². The molecule has 4 N–H and O–H groups in total. The summed E-state index contributed by atoms with van der Waals surface area (Å²) in [5.41, 5.74) is 4.52. The van der Waals surface area contributed by atoms with E-state index in [0.717, 1.165) is 27.8 Å². The van der Waals surface area contributed by atoms with Crippen LogP contribution in [0.2, 0.25) is 5.02 Å². The third kappa shape index (κ3) is 17.2. The lowest BCUT2D eigenvalue weighted by Gasteiger charge is -2.37. The smallest absolute Gasteiger partial charge is 0.408 e. The Morgan fingerprint density at radius 2 is 1.06 bits per heavy atom. The SMILES string of the molecule is CC(C)(C)OC(=O)[C@H](CCC(=O)NCCOCCOCC(=O)NCCCC[C@H](NC(=O)OCc1ccccc1)C(=O)OC(c1ccccc1)(c1ccccc1)c1ccccc1Cl)NC(=O)OCC1c2ccccc2-c2ccccc21. The lowest BCUT2D eigenvalue weighted by Crippen LogP contribution is -2.46. The normalized spacial score (nSPS) is 12.7. The van der Waals surface area contributed by atoms with Crippen LogP contribution in [0.1, 0.15) is 92.2 Å². The van der Waals surface area contributed by atoms with E-state index in [1.54, 1.807) is 32.9 Å². The number of alkyl carbamates (subject to hydrolysis) is 2. The summed E-state index contributed by atoms with van der Waals surface area (Å²) < 4.78 is 34.5. The lowest BCUT2D eigenvalue weighted by atomic mass is 9.80.